The van der Waals surface area contributed by atoms with E-state index in [1.165, 1.54) is 7.11 Å². The van der Waals surface area contributed by atoms with Crippen molar-refractivity contribution in [3.8, 4) is 23.2 Å². The Bertz CT molecular complexity index is 1310. The van der Waals surface area contributed by atoms with E-state index < -0.39 is 13.7 Å². The molecule has 0 aromatic carbocycles. The van der Waals surface area contributed by atoms with Crippen LogP contribution in [0.25, 0.3) is 22.4 Å². The first-order valence-electron chi connectivity index (χ1n) is 11.6. The number of hydrogen-bond acceptors (Lipinski definition) is 7. The van der Waals surface area contributed by atoms with Crippen molar-refractivity contribution >= 4 is 24.9 Å². The van der Waals surface area contributed by atoms with Crippen LogP contribution in [0.15, 0.2) is 29.3 Å². The van der Waals surface area contributed by atoms with Crippen molar-refractivity contribution in [2.75, 3.05) is 26.1 Å². The Morgan fingerprint density at radius 1 is 1.29 bits per heavy atom. The molecule has 0 saturated carbocycles. The Balaban J connectivity index is 2.02. The summed E-state index contributed by atoms with van der Waals surface area (Å²) in [5.74, 6) is 6.37. The molecule has 0 aliphatic carbocycles. The van der Waals surface area contributed by atoms with E-state index in [1.807, 2.05) is 6.92 Å². The quantitative estimate of drug-likeness (QED) is 0.265. The Labute approximate surface area is 206 Å². The first-order valence-corrected chi connectivity index (χ1v) is 15.3. The van der Waals surface area contributed by atoms with Crippen LogP contribution in [0.4, 0.5) is 5.82 Å². The SMILES string of the molecule is CCn1c(N)c(-c2nccn2COCC[Si](C)(C)C)c(=O)c2ccc(C#CC(C)(O)COC)nc21. The van der Waals surface area contributed by atoms with Crippen LogP contribution in [0.1, 0.15) is 19.5 Å². The molecule has 3 aromatic heterocycles. The number of hydrogen-bond donors (Lipinski definition) is 2. The highest BCUT2D eigenvalue weighted by Gasteiger charge is 2.21. The molecule has 0 saturated heterocycles. The first kappa shape index (κ1) is 26.6. The summed E-state index contributed by atoms with van der Waals surface area (Å²) >= 11 is 0. The smallest absolute Gasteiger partial charge is 0.204 e. The van der Waals surface area contributed by atoms with Gasteiger partial charge >= 0.3 is 0 Å². The topological polar surface area (TPSA) is 117 Å². The largest absolute Gasteiger partial charge is 0.384 e. The molecule has 0 aliphatic heterocycles. The summed E-state index contributed by atoms with van der Waals surface area (Å²) in [4.78, 5) is 22.5. The van der Waals surface area contributed by atoms with Gasteiger partial charge in [-0.05, 0) is 37.9 Å². The molecule has 0 amide bonds. The van der Waals surface area contributed by atoms with Crippen LogP contribution >= 0.6 is 0 Å². The lowest BCUT2D eigenvalue weighted by Gasteiger charge is -2.18. The molecular weight excluding hydrogens is 462 g/mol. The van der Waals surface area contributed by atoms with Gasteiger partial charge < -0.3 is 29.4 Å². The molecule has 35 heavy (non-hydrogen) atoms. The maximum absolute atomic E-state index is 13.5. The van der Waals surface area contributed by atoms with E-state index in [-0.39, 0.29) is 24.6 Å². The van der Waals surface area contributed by atoms with Crippen molar-refractivity contribution in [1.29, 1.82) is 0 Å². The van der Waals surface area contributed by atoms with Crippen LogP contribution < -0.4 is 11.2 Å². The summed E-state index contributed by atoms with van der Waals surface area (Å²) in [5.41, 5.74) is 6.11. The van der Waals surface area contributed by atoms with Crippen molar-refractivity contribution in [3.05, 3.63) is 40.4 Å². The summed E-state index contributed by atoms with van der Waals surface area (Å²) in [6.07, 6.45) is 3.42. The number of methoxy groups -OCH3 is 1. The lowest BCUT2D eigenvalue weighted by atomic mass is 10.1. The van der Waals surface area contributed by atoms with Crippen molar-refractivity contribution in [3.63, 3.8) is 0 Å². The zero-order valence-corrected chi connectivity index (χ0v) is 22.4. The van der Waals surface area contributed by atoms with Gasteiger partial charge in [0.2, 0.25) is 5.43 Å². The Hall–Kier alpha value is -2.97. The molecule has 188 valence electrons. The van der Waals surface area contributed by atoms with E-state index in [1.54, 1.807) is 40.6 Å². The van der Waals surface area contributed by atoms with Crippen molar-refractivity contribution in [2.45, 2.75) is 58.4 Å². The number of pyridine rings is 2. The number of rotatable bonds is 9. The fourth-order valence-electron chi connectivity index (χ4n) is 3.64. The van der Waals surface area contributed by atoms with Crippen molar-refractivity contribution < 1.29 is 14.6 Å². The predicted molar refractivity (Wildman–Crippen MR) is 141 cm³/mol. The number of imidazole rings is 1. The molecule has 0 bridgehead atoms. The number of ether oxygens (including phenoxy) is 2. The van der Waals surface area contributed by atoms with Gasteiger partial charge in [0, 0.05) is 40.7 Å². The van der Waals surface area contributed by atoms with E-state index >= 15 is 0 Å². The average Bonchev–Trinajstić information content (AvgIpc) is 3.23. The van der Waals surface area contributed by atoms with Gasteiger partial charge in [-0.1, -0.05) is 25.6 Å². The molecule has 9 nitrogen and oxygen atoms in total. The van der Waals surface area contributed by atoms with Gasteiger partial charge in [-0.25, -0.2) is 9.97 Å². The lowest BCUT2D eigenvalue weighted by Crippen LogP contribution is -2.27. The summed E-state index contributed by atoms with van der Waals surface area (Å²) in [7, 11) is 0.292. The maximum atomic E-state index is 13.5. The molecule has 0 spiro atoms. The van der Waals surface area contributed by atoms with Crippen molar-refractivity contribution in [1.82, 2.24) is 19.1 Å². The minimum atomic E-state index is -1.31. The highest BCUT2D eigenvalue weighted by atomic mass is 28.3. The second-order valence-corrected chi connectivity index (χ2v) is 15.5. The maximum Gasteiger partial charge on any atom is 0.204 e. The first-order chi connectivity index (χ1) is 16.5. The minimum Gasteiger partial charge on any atom is -0.384 e. The minimum absolute atomic E-state index is 0.0675. The third kappa shape index (κ3) is 6.38. The van der Waals surface area contributed by atoms with Gasteiger partial charge in [-0.2, -0.15) is 0 Å². The Morgan fingerprint density at radius 3 is 2.69 bits per heavy atom. The van der Waals surface area contributed by atoms with E-state index in [0.717, 1.165) is 6.04 Å². The molecule has 0 fully saturated rings. The molecule has 0 aliphatic rings. The van der Waals surface area contributed by atoms with E-state index in [9.17, 15) is 9.90 Å². The molecule has 3 heterocycles. The summed E-state index contributed by atoms with van der Waals surface area (Å²) in [6, 6.07) is 4.40. The number of nitrogen functional groups attached to an aromatic ring is 1. The standard InChI is InChI=1S/C25H35N5O4Si/c1-7-30-22(26)20(24-27-12-13-29(24)17-34-14-15-35(4,5)6)21(31)19-9-8-18(28-23(19)30)10-11-25(2,32)16-33-3/h8-9,12-13,32H,7,14-17,26H2,1-6H3. The fourth-order valence-corrected chi connectivity index (χ4v) is 4.39. The summed E-state index contributed by atoms with van der Waals surface area (Å²) in [5, 5.41) is 10.7. The number of aromatic nitrogens is 4. The van der Waals surface area contributed by atoms with E-state index in [0.29, 0.717) is 41.3 Å². The Kier molecular flexibility index (Phi) is 8.17. The Morgan fingerprint density at radius 2 is 2.03 bits per heavy atom. The average molecular weight is 498 g/mol. The zero-order valence-electron chi connectivity index (χ0n) is 21.4. The number of aliphatic hydroxyl groups is 1. The van der Waals surface area contributed by atoms with Crippen LogP contribution in [0.5, 0.6) is 0 Å². The molecule has 3 rings (SSSR count). The zero-order chi connectivity index (χ0) is 25.8. The number of nitrogens with zero attached hydrogens (tertiary/aromatic N) is 4. The van der Waals surface area contributed by atoms with Crippen molar-refractivity contribution in [2.24, 2.45) is 0 Å². The molecular formula is C25H35N5O4Si. The molecule has 10 heteroatoms. The monoisotopic (exact) mass is 497 g/mol. The predicted octanol–water partition coefficient (Wildman–Crippen LogP) is 2.92. The van der Waals surface area contributed by atoms with Gasteiger partial charge in [0.05, 0.1) is 12.0 Å². The molecule has 3 N–H and O–H groups in total. The summed E-state index contributed by atoms with van der Waals surface area (Å²) < 4.78 is 14.4. The van der Waals surface area contributed by atoms with E-state index in [4.69, 9.17) is 15.2 Å². The van der Waals surface area contributed by atoms with Crippen LogP contribution in [0, 0.1) is 11.8 Å². The van der Waals surface area contributed by atoms with Gasteiger partial charge in [0.1, 0.15) is 40.9 Å². The number of nitrogens with two attached hydrogens (primary N) is 1. The normalized spacial score (nSPS) is 13.5. The van der Waals surface area contributed by atoms with Gasteiger partial charge in [-0.15, -0.1) is 0 Å². The highest BCUT2D eigenvalue weighted by Crippen LogP contribution is 2.25. The molecule has 1 unspecified atom stereocenters. The van der Waals surface area contributed by atoms with Gasteiger partial charge in [0.25, 0.3) is 0 Å². The summed E-state index contributed by atoms with van der Waals surface area (Å²) in [6.45, 7) is 11.9. The second kappa shape index (κ2) is 10.7. The number of anilines is 1. The van der Waals surface area contributed by atoms with Crippen LogP contribution in [0.3, 0.4) is 0 Å². The van der Waals surface area contributed by atoms with Crippen LogP contribution in [0.2, 0.25) is 25.7 Å². The second-order valence-electron chi connectivity index (χ2n) is 9.93. The third-order valence-electron chi connectivity index (χ3n) is 5.52. The number of aryl methyl sites for hydroxylation is 1. The number of fused-ring (bicyclic) bond motifs is 1. The molecule has 0 radical (unpaired) electrons. The lowest BCUT2D eigenvalue weighted by molar-refractivity contribution is 0.0274. The van der Waals surface area contributed by atoms with E-state index in [2.05, 4.69) is 41.4 Å². The third-order valence-corrected chi connectivity index (χ3v) is 7.22. The van der Waals surface area contributed by atoms with Crippen LogP contribution in [-0.4, -0.2) is 58.2 Å². The van der Waals surface area contributed by atoms with Gasteiger partial charge in [-0.3, -0.25) is 4.79 Å². The van der Waals surface area contributed by atoms with Gasteiger partial charge in [0.15, 0.2) is 0 Å². The highest BCUT2D eigenvalue weighted by molar-refractivity contribution is 6.76. The van der Waals surface area contributed by atoms with Crippen LogP contribution in [-0.2, 0) is 22.7 Å². The fraction of sp³-hybridized carbons (Fsp3) is 0.480. The molecule has 3 aromatic rings. The molecule has 1 atom stereocenters.